The summed E-state index contributed by atoms with van der Waals surface area (Å²) < 4.78 is 14.5. The molecule has 0 aromatic heterocycles. The first-order valence-electron chi connectivity index (χ1n) is 5.09. The van der Waals surface area contributed by atoms with Crippen molar-refractivity contribution < 1.29 is 4.39 Å². The van der Waals surface area contributed by atoms with Gasteiger partial charge in [0.25, 0.3) is 0 Å². The number of hydrogen-bond acceptors (Lipinski definition) is 1. The Hall–Kier alpha value is -1.06. The largest absolute Gasteiger partial charge is 0.380 e. The van der Waals surface area contributed by atoms with Crippen molar-refractivity contribution in [3.05, 3.63) is 63.3 Å². The van der Waals surface area contributed by atoms with E-state index in [2.05, 4.69) is 21.2 Å². The van der Waals surface area contributed by atoms with Crippen LogP contribution >= 0.6 is 27.5 Å². The van der Waals surface area contributed by atoms with Crippen molar-refractivity contribution in [2.75, 3.05) is 5.32 Å². The molecule has 0 amide bonds. The molecular weight excluding hydrogens is 305 g/mol. The lowest BCUT2D eigenvalue weighted by Crippen LogP contribution is -2.02. The van der Waals surface area contributed by atoms with E-state index in [0.717, 1.165) is 10.2 Å². The van der Waals surface area contributed by atoms with Crippen LogP contribution in [0.5, 0.6) is 0 Å². The van der Waals surface area contributed by atoms with Crippen LogP contribution in [-0.2, 0) is 6.54 Å². The SMILES string of the molecule is Fc1cc(Cl)ccc1CNc1ccccc1Br. The molecule has 0 radical (unpaired) electrons. The predicted octanol–water partition coefficient (Wildman–Crippen LogP) is 4.85. The molecule has 2 aromatic rings. The van der Waals surface area contributed by atoms with Crippen LogP contribution in [0, 0.1) is 5.82 Å². The number of halogens is 3. The fourth-order valence-electron chi connectivity index (χ4n) is 1.46. The molecule has 0 spiro atoms. The molecule has 17 heavy (non-hydrogen) atoms. The second-order valence-electron chi connectivity index (χ2n) is 3.57. The van der Waals surface area contributed by atoms with E-state index in [1.807, 2.05) is 24.3 Å². The highest BCUT2D eigenvalue weighted by Gasteiger charge is 2.03. The first kappa shape index (κ1) is 12.4. The molecule has 2 aromatic carbocycles. The number of para-hydroxylation sites is 1. The summed E-state index contributed by atoms with van der Waals surface area (Å²) in [5.41, 5.74) is 1.52. The topological polar surface area (TPSA) is 12.0 Å². The Bertz CT molecular complexity index is 531. The van der Waals surface area contributed by atoms with Crippen molar-refractivity contribution in [2.24, 2.45) is 0 Å². The lowest BCUT2D eigenvalue weighted by atomic mass is 10.2. The minimum absolute atomic E-state index is 0.294. The normalized spacial score (nSPS) is 10.3. The standard InChI is InChI=1S/C13H10BrClFN/c14-11-3-1-2-4-13(11)17-8-9-5-6-10(15)7-12(9)16/h1-7,17H,8H2. The summed E-state index contributed by atoms with van der Waals surface area (Å²) in [6.07, 6.45) is 0. The van der Waals surface area contributed by atoms with Gasteiger partial charge in [-0.25, -0.2) is 4.39 Å². The maximum atomic E-state index is 13.5. The lowest BCUT2D eigenvalue weighted by molar-refractivity contribution is 0.613. The van der Waals surface area contributed by atoms with Crippen LogP contribution in [0.3, 0.4) is 0 Å². The second kappa shape index (κ2) is 5.52. The minimum Gasteiger partial charge on any atom is -0.380 e. The van der Waals surface area contributed by atoms with Gasteiger partial charge in [0.15, 0.2) is 0 Å². The predicted molar refractivity (Wildman–Crippen MR) is 72.9 cm³/mol. The molecule has 4 heteroatoms. The van der Waals surface area contributed by atoms with Crippen LogP contribution in [0.4, 0.5) is 10.1 Å². The van der Waals surface area contributed by atoms with Gasteiger partial charge in [-0.1, -0.05) is 29.8 Å². The molecule has 88 valence electrons. The maximum absolute atomic E-state index is 13.5. The van der Waals surface area contributed by atoms with Crippen LogP contribution < -0.4 is 5.32 Å². The van der Waals surface area contributed by atoms with Gasteiger partial charge in [-0.15, -0.1) is 0 Å². The highest BCUT2D eigenvalue weighted by molar-refractivity contribution is 9.10. The zero-order valence-corrected chi connectivity index (χ0v) is 11.2. The number of rotatable bonds is 3. The molecule has 0 fully saturated rings. The summed E-state index contributed by atoms with van der Waals surface area (Å²) in [7, 11) is 0. The van der Waals surface area contributed by atoms with Gasteiger partial charge in [0.05, 0.1) is 0 Å². The molecule has 1 N–H and O–H groups in total. The van der Waals surface area contributed by atoms with E-state index in [-0.39, 0.29) is 5.82 Å². The van der Waals surface area contributed by atoms with Gasteiger partial charge in [0, 0.05) is 27.3 Å². The molecular formula is C13H10BrClFN. The zero-order valence-electron chi connectivity index (χ0n) is 8.88. The average molecular weight is 315 g/mol. The minimum atomic E-state index is -0.294. The molecule has 2 rings (SSSR count). The van der Waals surface area contributed by atoms with Crippen LogP contribution in [0.2, 0.25) is 5.02 Å². The molecule has 0 aliphatic rings. The third-order valence-electron chi connectivity index (χ3n) is 2.36. The van der Waals surface area contributed by atoms with Gasteiger partial charge >= 0.3 is 0 Å². The Kier molecular flexibility index (Phi) is 4.02. The van der Waals surface area contributed by atoms with Crippen molar-refractivity contribution in [3.63, 3.8) is 0 Å². The van der Waals surface area contributed by atoms with Gasteiger partial charge < -0.3 is 5.32 Å². The van der Waals surface area contributed by atoms with Crippen molar-refractivity contribution in [2.45, 2.75) is 6.54 Å². The quantitative estimate of drug-likeness (QED) is 0.853. The fourth-order valence-corrected chi connectivity index (χ4v) is 2.04. The summed E-state index contributed by atoms with van der Waals surface area (Å²) in [6, 6.07) is 12.4. The van der Waals surface area contributed by atoms with E-state index in [0.29, 0.717) is 17.1 Å². The average Bonchev–Trinajstić information content (AvgIpc) is 2.30. The highest BCUT2D eigenvalue weighted by atomic mass is 79.9. The van der Waals surface area contributed by atoms with E-state index in [4.69, 9.17) is 11.6 Å². The fraction of sp³-hybridized carbons (Fsp3) is 0.0769. The summed E-state index contributed by atoms with van der Waals surface area (Å²) >= 11 is 9.11. The van der Waals surface area contributed by atoms with Gasteiger partial charge in [-0.05, 0) is 40.2 Å². The van der Waals surface area contributed by atoms with E-state index >= 15 is 0 Å². The van der Waals surface area contributed by atoms with Gasteiger partial charge in [0.1, 0.15) is 5.82 Å². The molecule has 0 heterocycles. The first-order chi connectivity index (χ1) is 8.16. The van der Waals surface area contributed by atoms with Gasteiger partial charge in [0.2, 0.25) is 0 Å². The van der Waals surface area contributed by atoms with Crippen LogP contribution in [0.15, 0.2) is 46.9 Å². The molecule has 0 bridgehead atoms. The monoisotopic (exact) mass is 313 g/mol. The lowest BCUT2D eigenvalue weighted by Gasteiger charge is -2.09. The Balaban J connectivity index is 2.10. The number of hydrogen-bond donors (Lipinski definition) is 1. The van der Waals surface area contributed by atoms with Crippen LogP contribution in [0.1, 0.15) is 5.56 Å². The first-order valence-corrected chi connectivity index (χ1v) is 6.26. The summed E-state index contributed by atoms with van der Waals surface area (Å²) in [4.78, 5) is 0. The molecule has 0 unspecified atom stereocenters. The van der Waals surface area contributed by atoms with Gasteiger partial charge in [-0.3, -0.25) is 0 Å². The molecule has 0 saturated heterocycles. The van der Waals surface area contributed by atoms with E-state index in [1.165, 1.54) is 6.07 Å². The smallest absolute Gasteiger partial charge is 0.129 e. The van der Waals surface area contributed by atoms with Crippen molar-refractivity contribution in [3.8, 4) is 0 Å². The van der Waals surface area contributed by atoms with Crippen molar-refractivity contribution in [1.82, 2.24) is 0 Å². The Morgan fingerprint density at radius 3 is 2.65 bits per heavy atom. The Morgan fingerprint density at radius 2 is 1.94 bits per heavy atom. The summed E-state index contributed by atoms with van der Waals surface area (Å²) in [5, 5.41) is 3.57. The third kappa shape index (κ3) is 3.20. The van der Waals surface area contributed by atoms with E-state index in [9.17, 15) is 4.39 Å². The maximum Gasteiger partial charge on any atom is 0.129 e. The number of nitrogens with one attached hydrogen (secondary N) is 1. The van der Waals surface area contributed by atoms with Crippen molar-refractivity contribution in [1.29, 1.82) is 0 Å². The molecule has 0 aliphatic heterocycles. The van der Waals surface area contributed by atoms with Crippen LogP contribution in [0.25, 0.3) is 0 Å². The van der Waals surface area contributed by atoms with Gasteiger partial charge in [-0.2, -0.15) is 0 Å². The molecule has 0 aliphatic carbocycles. The van der Waals surface area contributed by atoms with Crippen molar-refractivity contribution >= 4 is 33.2 Å². The molecule has 0 atom stereocenters. The van der Waals surface area contributed by atoms with Crippen LogP contribution in [-0.4, -0.2) is 0 Å². The Morgan fingerprint density at radius 1 is 1.18 bits per heavy atom. The highest BCUT2D eigenvalue weighted by Crippen LogP contribution is 2.22. The second-order valence-corrected chi connectivity index (χ2v) is 4.86. The Labute approximate surface area is 113 Å². The molecule has 0 saturated carbocycles. The zero-order chi connectivity index (χ0) is 12.3. The van der Waals surface area contributed by atoms with E-state index in [1.54, 1.807) is 12.1 Å². The number of benzene rings is 2. The molecule has 1 nitrogen and oxygen atoms in total. The third-order valence-corrected chi connectivity index (χ3v) is 3.28. The summed E-state index contributed by atoms with van der Waals surface area (Å²) in [5.74, 6) is -0.294. The number of anilines is 1. The summed E-state index contributed by atoms with van der Waals surface area (Å²) in [6.45, 7) is 0.422. The van der Waals surface area contributed by atoms with E-state index < -0.39 is 0 Å².